The lowest BCUT2D eigenvalue weighted by Gasteiger charge is -1.83. The van der Waals surface area contributed by atoms with Crippen molar-refractivity contribution in [1.29, 1.82) is 0 Å². The lowest BCUT2D eigenvalue weighted by atomic mass is 11.0. The van der Waals surface area contributed by atoms with Gasteiger partial charge in [0.05, 0.1) is 0 Å². The van der Waals surface area contributed by atoms with E-state index in [-0.39, 0.29) is 0 Å². The van der Waals surface area contributed by atoms with Crippen LogP contribution in [-0.4, -0.2) is 10.3 Å². The van der Waals surface area contributed by atoms with Crippen molar-refractivity contribution in [3.63, 3.8) is 0 Å². The third kappa shape index (κ3) is 1.43. The molecule has 2 heteroatoms. The van der Waals surface area contributed by atoms with E-state index in [1.54, 1.807) is 0 Å². The van der Waals surface area contributed by atoms with Crippen molar-refractivity contribution >= 4 is 24.4 Å². The number of hydrogen-bond donors (Lipinski definition) is 1. The fraction of sp³-hybridized carbons (Fsp3) is 1.00. The molecule has 0 bridgehead atoms. The van der Waals surface area contributed by atoms with Gasteiger partial charge in [0.1, 0.15) is 0 Å². The molecular formula is C4H8S2. The van der Waals surface area contributed by atoms with Crippen molar-refractivity contribution in [2.75, 3.05) is 5.08 Å². The standard InChI is InChI=1S/C4H8S2/c5-3-6-4-1-2-4/h4-5H,1-3H2. The van der Waals surface area contributed by atoms with Crippen LogP contribution in [0.5, 0.6) is 0 Å². The molecule has 0 saturated heterocycles. The Kier molecular flexibility index (Phi) is 1.72. The monoisotopic (exact) mass is 120 g/mol. The number of thioether (sulfide) groups is 1. The summed E-state index contributed by atoms with van der Waals surface area (Å²) in [6, 6.07) is 0. The van der Waals surface area contributed by atoms with Crippen LogP contribution in [0.1, 0.15) is 12.8 Å². The molecule has 0 unspecified atom stereocenters. The molecule has 6 heavy (non-hydrogen) atoms. The summed E-state index contributed by atoms with van der Waals surface area (Å²) >= 11 is 6.02. The van der Waals surface area contributed by atoms with Gasteiger partial charge in [0.15, 0.2) is 0 Å². The van der Waals surface area contributed by atoms with E-state index in [0.717, 1.165) is 10.3 Å². The molecule has 1 fully saturated rings. The highest BCUT2D eigenvalue weighted by atomic mass is 32.2. The van der Waals surface area contributed by atoms with Crippen molar-refractivity contribution in [2.45, 2.75) is 18.1 Å². The van der Waals surface area contributed by atoms with Crippen LogP contribution >= 0.6 is 24.4 Å². The molecule has 1 aliphatic rings. The smallest absolute Gasteiger partial charge is 0.0364 e. The summed E-state index contributed by atoms with van der Waals surface area (Å²) in [7, 11) is 0. The molecule has 0 nitrogen and oxygen atoms in total. The number of hydrogen-bond acceptors (Lipinski definition) is 2. The summed E-state index contributed by atoms with van der Waals surface area (Å²) in [6.45, 7) is 0. The minimum Gasteiger partial charge on any atom is -0.168 e. The molecule has 0 aromatic rings. The normalized spacial score (nSPS) is 21.5. The lowest BCUT2D eigenvalue weighted by Crippen LogP contribution is -1.66. The topological polar surface area (TPSA) is 0 Å². The maximum absolute atomic E-state index is 4.06. The molecule has 1 saturated carbocycles. The highest BCUT2D eigenvalue weighted by Crippen LogP contribution is 2.33. The minimum atomic E-state index is 0.988. The molecule has 0 atom stereocenters. The molecule has 1 rings (SSSR count). The van der Waals surface area contributed by atoms with E-state index in [1.165, 1.54) is 12.8 Å². The van der Waals surface area contributed by atoms with Gasteiger partial charge in [0.2, 0.25) is 0 Å². The zero-order chi connectivity index (χ0) is 4.41. The van der Waals surface area contributed by atoms with E-state index in [4.69, 9.17) is 0 Å². The SMILES string of the molecule is SCSC1CC1. The van der Waals surface area contributed by atoms with E-state index >= 15 is 0 Å². The minimum absolute atomic E-state index is 0.988. The van der Waals surface area contributed by atoms with Crippen molar-refractivity contribution in [2.24, 2.45) is 0 Å². The quantitative estimate of drug-likeness (QED) is 0.428. The fourth-order valence-electron chi connectivity index (χ4n) is 0.340. The Labute approximate surface area is 48.1 Å². The molecule has 0 N–H and O–H groups in total. The van der Waals surface area contributed by atoms with Gasteiger partial charge in [-0.05, 0) is 12.8 Å². The summed E-state index contributed by atoms with van der Waals surface area (Å²) in [5.41, 5.74) is 0. The molecule has 0 aromatic heterocycles. The van der Waals surface area contributed by atoms with Gasteiger partial charge < -0.3 is 0 Å². The Morgan fingerprint density at radius 1 is 1.67 bits per heavy atom. The molecular weight excluding hydrogens is 112 g/mol. The Hall–Kier alpha value is 0.700. The van der Waals surface area contributed by atoms with Crippen LogP contribution in [0.15, 0.2) is 0 Å². The highest BCUT2D eigenvalue weighted by Gasteiger charge is 2.20. The first kappa shape index (κ1) is 4.85. The van der Waals surface area contributed by atoms with Gasteiger partial charge >= 0.3 is 0 Å². The largest absolute Gasteiger partial charge is 0.168 e. The van der Waals surface area contributed by atoms with E-state index < -0.39 is 0 Å². The second-order valence-corrected chi connectivity index (χ2v) is 3.53. The van der Waals surface area contributed by atoms with Crippen LogP contribution in [0.4, 0.5) is 0 Å². The van der Waals surface area contributed by atoms with Gasteiger partial charge in [-0.25, -0.2) is 0 Å². The van der Waals surface area contributed by atoms with E-state index in [1.807, 2.05) is 11.8 Å². The molecule has 0 radical (unpaired) electrons. The van der Waals surface area contributed by atoms with Crippen molar-refractivity contribution in [1.82, 2.24) is 0 Å². The van der Waals surface area contributed by atoms with Crippen LogP contribution in [0.2, 0.25) is 0 Å². The van der Waals surface area contributed by atoms with E-state index in [2.05, 4.69) is 12.6 Å². The zero-order valence-corrected chi connectivity index (χ0v) is 5.27. The Balaban J connectivity index is 1.88. The first-order valence-electron chi connectivity index (χ1n) is 2.16. The molecule has 0 heterocycles. The van der Waals surface area contributed by atoms with Crippen LogP contribution in [-0.2, 0) is 0 Å². The van der Waals surface area contributed by atoms with Gasteiger partial charge in [0.25, 0.3) is 0 Å². The molecule has 1 aliphatic carbocycles. The maximum atomic E-state index is 4.06. The molecule has 0 aliphatic heterocycles. The van der Waals surface area contributed by atoms with E-state index in [0.29, 0.717) is 0 Å². The van der Waals surface area contributed by atoms with Crippen molar-refractivity contribution in [3.8, 4) is 0 Å². The van der Waals surface area contributed by atoms with Crippen LogP contribution in [0, 0.1) is 0 Å². The van der Waals surface area contributed by atoms with Gasteiger partial charge in [0, 0.05) is 10.3 Å². The summed E-state index contributed by atoms with van der Waals surface area (Å²) in [5.74, 6) is 0. The van der Waals surface area contributed by atoms with Crippen molar-refractivity contribution < 1.29 is 0 Å². The van der Waals surface area contributed by atoms with Crippen molar-refractivity contribution in [3.05, 3.63) is 0 Å². The number of rotatable bonds is 2. The van der Waals surface area contributed by atoms with E-state index in [9.17, 15) is 0 Å². The summed E-state index contributed by atoms with van der Waals surface area (Å²) in [6.07, 6.45) is 2.87. The second-order valence-electron chi connectivity index (χ2n) is 1.50. The molecule has 0 aromatic carbocycles. The summed E-state index contributed by atoms with van der Waals surface area (Å²) in [4.78, 5) is 0. The second kappa shape index (κ2) is 2.12. The average molecular weight is 120 g/mol. The van der Waals surface area contributed by atoms with Gasteiger partial charge in [-0.15, -0.1) is 11.8 Å². The zero-order valence-electron chi connectivity index (χ0n) is 3.55. The third-order valence-corrected chi connectivity index (χ3v) is 2.37. The van der Waals surface area contributed by atoms with Gasteiger partial charge in [-0.2, -0.15) is 12.6 Å². The summed E-state index contributed by atoms with van der Waals surface area (Å²) in [5, 5.41) is 1.99. The Bertz CT molecular complexity index is 40.8. The predicted octanol–water partition coefficient (Wildman–Crippen LogP) is 1.77. The predicted molar refractivity (Wildman–Crippen MR) is 34.5 cm³/mol. The fourth-order valence-corrected chi connectivity index (χ4v) is 1.65. The Morgan fingerprint density at radius 3 is 2.50 bits per heavy atom. The van der Waals surface area contributed by atoms with Crippen LogP contribution < -0.4 is 0 Å². The first-order chi connectivity index (χ1) is 2.93. The van der Waals surface area contributed by atoms with Gasteiger partial charge in [-0.1, -0.05) is 0 Å². The van der Waals surface area contributed by atoms with Crippen LogP contribution in [0.25, 0.3) is 0 Å². The average Bonchev–Trinajstić information content (AvgIpc) is 2.21. The molecule has 0 amide bonds. The lowest BCUT2D eigenvalue weighted by molar-refractivity contribution is 1.50. The first-order valence-corrected chi connectivity index (χ1v) is 3.84. The van der Waals surface area contributed by atoms with Crippen LogP contribution in [0.3, 0.4) is 0 Å². The number of thiol groups is 1. The molecule has 36 valence electrons. The Morgan fingerprint density at radius 2 is 2.33 bits per heavy atom. The van der Waals surface area contributed by atoms with Gasteiger partial charge in [-0.3, -0.25) is 0 Å². The summed E-state index contributed by atoms with van der Waals surface area (Å²) < 4.78 is 0. The third-order valence-electron chi connectivity index (χ3n) is 0.835. The maximum Gasteiger partial charge on any atom is 0.0364 e. The highest BCUT2D eigenvalue weighted by molar-refractivity contribution is 8.09. The molecule has 0 spiro atoms.